The van der Waals surface area contributed by atoms with Gasteiger partial charge in [0.2, 0.25) is 0 Å². The van der Waals surface area contributed by atoms with E-state index < -0.39 is 0 Å². The first kappa shape index (κ1) is 15.5. The van der Waals surface area contributed by atoms with Gasteiger partial charge in [-0.25, -0.2) is 4.79 Å². The number of carbonyl (C=O) groups is 1. The van der Waals surface area contributed by atoms with Gasteiger partial charge in [-0.2, -0.15) is 11.8 Å². The highest BCUT2D eigenvalue weighted by atomic mass is 32.2. The minimum atomic E-state index is 0.0367. The van der Waals surface area contributed by atoms with Crippen LogP contribution in [0.3, 0.4) is 0 Å². The van der Waals surface area contributed by atoms with Crippen molar-refractivity contribution < 1.29 is 9.53 Å². The van der Waals surface area contributed by atoms with E-state index >= 15 is 0 Å². The largest absolute Gasteiger partial charge is 0.374 e. The van der Waals surface area contributed by atoms with Crippen LogP contribution in [0.15, 0.2) is 0 Å². The molecule has 0 radical (unpaired) electrons. The number of thioether (sulfide) groups is 1. The number of hydrogen-bond acceptors (Lipinski definition) is 3. The fourth-order valence-electron chi connectivity index (χ4n) is 3.85. The average Bonchev–Trinajstić information content (AvgIpc) is 2.74. The molecular weight excluding hydrogens is 284 g/mol. The van der Waals surface area contributed by atoms with Crippen molar-refractivity contribution in [3.05, 3.63) is 0 Å². The second-order valence-corrected chi connectivity index (χ2v) is 7.94. The maximum absolute atomic E-state index is 12.2. The zero-order chi connectivity index (χ0) is 14.5. The minimum absolute atomic E-state index is 0.0367. The predicted molar refractivity (Wildman–Crippen MR) is 86.8 cm³/mol. The van der Waals surface area contributed by atoms with E-state index in [1.165, 1.54) is 31.4 Å². The number of nitrogens with one attached hydrogen (secondary N) is 2. The fourth-order valence-corrected chi connectivity index (χ4v) is 5.23. The Morgan fingerprint density at radius 2 is 1.81 bits per heavy atom. The van der Waals surface area contributed by atoms with Crippen LogP contribution in [-0.2, 0) is 4.74 Å². The third-order valence-corrected chi connectivity index (χ3v) is 6.31. The Morgan fingerprint density at radius 3 is 2.52 bits per heavy atom. The molecule has 1 saturated carbocycles. The lowest BCUT2D eigenvalue weighted by atomic mass is 9.90. The van der Waals surface area contributed by atoms with Gasteiger partial charge < -0.3 is 15.4 Å². The molecule has 1 spiro atoms. The molecule has 3 fully saturated rings. The molecule has 3 rings (SSSR count). The molecule has 2 aliphatic heterocycles. The van der Waals surface area contributed by atoms with Crippen LogP contribution in [0.5, 0.6) is 0 Å². The lowest BCUT2D eigenvalue weighted by Gasteiger charge is -2.38. The molecule has 0 aromatic rings. The van der Waals surface area contributed by atoms with Crippen molar-refractivity contribution in [2.45, 2.75) is 75.5 Å². The quantitative estimate of drug-likeness (QED) is 0.771. The SMILES string of the molecule is O=C(NC1CCCCCC1)N[C@H]1CCO[C@@]2(CCSC2)C1. The standard InChI is InChI=1S/C16H28N2O2S/c19-15(17-13-5-3-1-2-4-6-13)18-14-7-9-20-16(11-14)8-10-21-12-16/h13-14H,1-12H2,(H2,17,18,19)/t14-,16-/m0/s1. The highest BCUT2D eigenvalue weighted by Gasteiger charge is 2.40. The topological polar surface area (TPSA) is 50.4 Å². The smallest absolute Gasteiger partial charge is 0.315 e. The summed E-state index contributed by atoms with van der Waals surface area (Å²) in [5, 5.41) is 6.39. The highest BCUT2D eigenvalue weighted by Crippen LogP contribution is 2.38. The zero-order valence-electron chi connectivity index (χ0n) is 12.9. The second kappa shape index (κ2) is 7.23. The first-order valence-electron chi connectivity index (χ1n) is 8.55. The molecule has 21 heavy (non-hydrogen) atoms. The lowest BCUT2D eigenvalue weighted by molar-refractivity contribution is -0.0684. The monoisotopic (exact) mass is 312 g/mol. The van der Waals surface area contributed by atoms with E-state index in [4.69, 9.17) is 4.74 Å². The second-order valence-electron chi connectivity index (χ2n) is 6.83. The number of rotatable bonds is 2. The summed E-state index contributed by atoms with van der Waals surface area (Å²) in [5.41, 5.74) is 0.0448. The molecule has 2 N–H and O–H groups in total. The molecule has 0 aromatic heterocycles. The van der Waals surface area contributed by atoms with Gasteiger partial charge in [-0.15, -0.1) is 0 Å². The number of ether oxygens (including phenoxy) is 1. The van der Waals surface area contributed by atoms with Gasteiger partial charge in [-0.05, 0) is 37.9 Å². The van der Waals surface area contributed by atoms with Gasteiger partial charge in [-0.1, -0.05) is 25.7 Å². The van der Waals surface area contributed by atoms with Gasteiger partial charge >= 0.3 is 6.03 Å². The van der Waals surface area contributed by atoms with Crippen molar-refractivity contribution in [1.29, 1.82) is 0 Å². The van der Waals surface area contributed by atoms with E-state index in [0.717, 1.165) is 44.5 Å². The summed E-state index contributed by atoms with van der Waals surface area (Å²) in [6.45, 7) is 0.787. The Morgan fingerprint density at radius 1 is 1.05 bits per heavy atom. The number of urea groups is 1. The van der Waals surface area contributed by atoms with Crippen LogP contribution in [-0.4, -0.2) is 41.8 Å². The Bertz CT molecular complexity index is 350. The van der Waals surface area contributed by atoms with Gasteiger partial charge in [0.15, 0.2) is 0 Å². The molecule has 4 nitrogen and oxygen atoms in total. The molecule has 0 aromatic carbocycles. The number of carbonyl (C=O) groups excluding carboxylic acids is 1. The van der Waals surface area contributed by atoms with E-state index in [1.807, 2.05) is 11.8 Å². The van der Waals surface area contributed by atoms with Crippen LogP contribution in [0, 0.1) is 0 Å². The molecule has 2 amide bonds. The fraction of sp³-hybridized carbons (Fsp3) is 0.938. The summed E-state index contributed by atoms with van der Waals surface area (Å²) in [5.74, 6) is 2.29. The number of hydrogen-bond donors (Lipinski definition) is 2. The van der Waals surface area contributed by atoms with Crippen LogP contribution < -0.4 is 10.6 Å². The first-order valence-corrected chi connectivity index (χ1v) is 9.70. The Balaban J connectivity index is 1.45. The van der Waals surface area contributed by atoms with Crippen molar-refractivity contribution in [1.82, 2.24) is 10.6 Å². The van der Waals surface area contributed by atoms with Crippen molar-refractivity contribution in [2.24, 2.45) is 0 Å². The van der Waals surface area contributed by atoms with Crippen LogP contribution in [0.1, 0.15) is 57.8 Å². The van der Waals surface area contributed by atoms with Crippen LogP contribution >= 0.6 is 11.8 Å². The van der Waals surface area contributed by atoms with Crippen LogP contribution in [0.4, 0.5) is 4.79 Å². The highest BCUT2D eigenvalue weighted by molar-refractivity contribution is 7.99. The van der Waals surface area contributed by atoms with Crippen LogP contribution in [0.25, 0.3) is 0 Å². The summed E-state index contributed by atoms with van der Waals surface area (Å²) < 4.78 is 6.01. The van der Waals surface area contributed by atoms with Crippen molar-refractivity contribution in [3.63, 3.8) is 0 Å². The van der Waals surface area contributed by atoms with E-state index in [1.54, 1.807) is 0 Å². The van der Waals surface area contributed by atoms with Gasteiger partial charge in [0.05, 0.1) is 5.60 Å². The van der Waals surface area contributed by atoms with Crippen molar-refractivity contribution >= 4 is 17.8 Å². The molecule has 0 bridgehead atoms. The zero-order valence-corrected chi connectivity index (χ0v) is 13.7. The van der Waals surface area contributed by atoms with Gasteiger partial charge in [0.1, 0.15) is 0 Å². The van der Waals surface area contributed by atoms with Gasteiger partial charge in [0.25, 0.3) is 0 Å². The maximum atomic E-state index is 12.2. The molecule has 2 heterocycles. The summed E-state index contributed by atoms with van der Waals surface area (Å²) in [6, 6.07) is 0.696. The van der Waals surface area contributed by atoms with Gasteiger partial charge in [0, 0.05) is 24.4 Å². The molecular formula is C16H28N2O2S. The Hall–Kier alpha value is -0.420. The summed E-state index contributed by atoms with van der Waals surface area (Å²) in [4.78, 5) is 12.2. The Labute approximate surface area is 132 Å². The van der Waals surface area contributed by atoms with Gasteiger partial charge in [-0.3, -0.25) is 0 Å². The average molecular weight is 312 g/mol. The molecule has 5 heteroatoms. The molecule has 120 valence electrons. The molecule has 2 atom stereocenters. The molecule has 1 aliphatic carbocycles. The molecule has 3 aliphatic rings. The third kappa shape index (κ3) is 4.28. The summed E-state index contributed by atoms with van der Waals surface area (Å²) in [6.07, 6.45) is 10.5. The summed E-state index contributed by atoms with van der Waals surface area (Å²) in [7, 11) is 0. The van der Waals surface area contributed by atoms with E-state index in [-0.39, 0.29) is 17.7 Å². The first-order chi connectivity index (χ1) is 10.3. The molecule has 0 unspecified atom stereocenters. The van der Waals surface area contributed by atoms with E-state index in [0.29, 0.717) is 6.04 Å². The minimum Gasteiger partial charge on any atom is -0.374 e. The number of amides is 2. The van der Waals surface area contributed by atoms with E-state index in [9.17, 15) is 4.79 Å². The summed E-state index contributed by atoms with van der Waals surface area (Å²) >= 11 is 1.98. The van der Waals surface area contributed by atoms with E-state index in [2.05, 4.69) is 10.6 Å². The third-order valence-electron chi connectivity index (χ3n) is 5.09. The Kier molecular flexibility index (Phi) is 5.33. The lowest BCUT2D eigenvalue weighted by Crippen LogP contribution is -2.52. The van der Waals surface area contributed by atoms with Crippen molar-refractivity contribution in [3.8, 4) is 0 Å². The normalized spacial score (nSPS) is 34.6. The van der Waals surface area contributed by atoms with Crippen LogP contribution in [0.2, 0.25) is 0 Å². The maximum Gasteiger partial charge on any atom is 0.315 e. The molecule has 2 saturated heterocycles. The predicted octanol–water partition coefficient (Wildman–Crippen LogP) is 3.06. The van der Waals surface area contributed by atoms with Crippen molar-refractivity contribution in [2.75, 3.05) is 18.1 Å².